The molecular weight excluding hydrogens is 280 g/mol. The van der Waals surface area contributed by atoms with Crippen molar-refractivity contribution in [3.63, 3.8) is 0 Å². The van der Waals surface area contributed by atoms with Gasteiger partial charge in [0.25, 0.3) is 0 Å². The van der Waals surface area contributed by atoms with Crippen molar-refractivity contribution in [2.75, 3.05) is 39.9 Å². The number of likely N-dealkylation sites (tertiary alicyclic amines) is 1. The van der Waals surface area contributed by atoms with Crippen LogP contribution in [0, 0.1) is 5.92 Å². The molecule has 1 aliphatic rings. The van der Waals surface area contributed by atoms with Gasteiger partial charge in [0.2, 0.25) is 5.91 Å². The minimum atomic E-state index is -0.0311. The Kier molecular flexibility index (Phi) is 10.1. The molecule has 1 heterocycles. The maximum absolute atomic E-state index is 11.3. The molecule has 1 rings (SSSR count). The van der Waals surface area contributed by atoms with E-state index in [-0.39, 0.29) is 12.5 Å². The number of nitrogens with one attached hydrogen (secondary N) is 1. The van der Waals surface area contributed by atoms with E-state index < -0.39 is 0 Å². The third-order valence-corrected chi connectivity index (χ3v) is 4.41. The molecule has 0 atom stereocenters. The lowest BCUT2D eigenvalue weighted by Crippen LogP contribution is -2.36. The molecule has 0 spiro atoms. The number of rotatable bonds is 11. The number of hydrogen-bond acceptors (Lipinski definition) is 4. The first-order valence-corrected chi connectivity index (χ1v) is 8.62. The second-order valence-corrected chi connectivity index (χ2v) is 6.28. The quantitative estimate of drug-likeness (QED) is 0.593. The minimum Gasteiger partial charge on any atom is -0.375 e. The molecule has 1 aliphatic heterocycles. The van der Waals surface area contributed by atoms with Gasteiger partial charge >= 0.3 is 0 Å². The summed E-state index contributed by atoms with van der Waals surface area (Å²) in [5.74, 6) is 0.637. The minimum absolute atomic E-state index is 0.0311. The summed E-state index contributed by atoms with van der Waals surface area (Å²) < 4.78 is 4.76. The maximum Gasteiger partial charge on any atom is 0.245 e. The van der Waals surface area contributed by atoms with Crippen molar-refractivity contribution in [2.24, 2.45) is 5.92 Å². The van der Waals surface area contributed by atoms with E-state index >= 15 is 0 Å². The molecule has 0 saturated carbocycles. The summed E-state index contributed by atoms with van der Waals surface area (Å²) in [6.07, 6.45) is 8.00. The molecule has 128 valence electrons. The Hall–Kier alpha value is -0.940. The fourth-order valence-corrected chi connectivity index (χ4v) is 2.96. The average Bonchev–Trinajstić information content (AvgIpc) is 2.50. The third kappa shape index (κ3) is 8.49. The molecule has 1 N–H and O–H groups in total. The summed E-state index contributed by atoms with van der Waals surface area (Å²) in [5.41, 5.74) is 0. The van der Waals surface area contributed by atoms with Crippen LogP contribution in [0.1, 0.15) is 51.9 Å². The van der Waals surface area contributed by atoms with Crippen LogP contribution >= 0.6 is 0 Å². The second-order valence-electron chi connectivity index (χ2n) is 6.28. The van der Waals surface area contributed by atoms with E-state index in [4.69, 9.17) is 4.74 Å². The summed E-state index contributed by atoms with van der Waals surface area (Å²) in [5, 5.41) is 2.84. The van der Waals surface area contributed by atoms with Gasteiger partial charge in [-0.05, 0) is 52.2 Å². The molecule has 0 bridgehead atoms. The van der Waals surface area contributed by atoms with Crippen molar-refractivity contribution < 1.29 is 14.3 Å². The molecular formula is C17H32N2O3. The van der Waals surface area contributed by atoms with Gasteiger partial charge in [-0.1, -0.05) is 19.3 Å². The first-order valence-electron chi connectivity index (χ1n) is 8.62. The molecule has 0 aliphatic carbocycles. The Labute approximate surface area is 134 Å². The smallest absolute Gasteiger partial charge is 0.245 e. The van der Waals surface area contributed by atoms with Crippen molar-refractivity contribution in [1.82, 2.24) is 10.2 Å². The number of amides is 1. The van der Waals surface area contributed by atoms with Gasteiger partial charge in [0.05, 0.1) is 0 Å². The number of nitrogens with zero attached hydrogens (tertiary/aromatic N) is 1. The number of carbonyl (C=O) groups excluding carboxylic acids is 2. The van der Waals surface area contributed by atoms with E-state index in [1.165, 1.54) is 32.8 Å². The van der Waals surface area contributed by atoms with Crippen LogP contribution in [-0.2, 0) is 14.3 Å². The highest BCUT2D eigenvalue weighted by Gasteiger charge is 2.21. The Balaban J connectivity index is 1.88. The summed E-state index contributed by atoms with van der Waals surface area (Å²) in [6.45, 7) is 5.94. The number of methoxy groups -OCH3 is 1. The number of ketones is 1. The molecule has 1 fully saturated rings. The van der Waals surface area contributed by atoms with Crippen molar-refractivity contribution in [3.05, 3.63) is 0 Å². The van der Waals surface area contributed by atoms with Crippen LogP contribution in [0.3, 0.4) is 0 Å². The number of carbonyl (C=O) groups is 2. The van der Waals surface area contributed by atoms with Gasteiger partial charge in [0.1, 0.15) is 12.4 Å². The molecule has 5 nitrogen and oxygen atoms in total. The Morgan fingerprint density at radius 3 is 2.36 bits per heavy atom. The van der Waals surface area contributed by atoms with E-state index in [0.29, 0.717) is 11.7 Å². The largest absolute Gasteiger partial charge is 0.375 e. The van der Waals surface area contributed by atoms with E-state index in [2.05, 4.69) is 10.2 Å². The Morgan fingerprint density at radius 2 is 1.73 bits per heavy atom. The summed E-state index contributed by atoms with van der Waals surface area (Å²) in [6, 6.07) is 0. The highest BCUT2D eigenvalue weighted by atomic mass is 16.5. The van der Waals surface area contributed by atoms with E-state index in [1.807, 2.05) is 0 Å². The molecule has 5 heteroatoms. The van der Waals surface area contributed by atoms with Gasteiger partial charge in [-0.2, -0.15) is 0 Å². The predicted molar refractivity (Wildman–Crippen MR) is 87.8 cm³/mol. The molecule has 1 saturated heterocycles. The zero-order valence-electron chi connectivity index (χ0n) is 14.2. The van der Waals surface area contributed by atoms with E-state index in [0.717, 1.165) is 45.4 Å². The molecule has 1 amide bonds. The van der Waals surface area contributed by atoms with Gasteiger partial charge in [0, 0.05) is 19.6 Å². The van der Waals surface area contributed by atoms with Gasteiger partial charge in [-0.15, -0.1) is 0 Å². The van der Waals surface area contributed by atoms with Crippen LogP contribution in [-0.4, -0.2) is 56.5 Å². The fraction of sp³-hybridized carbons (Fsp3) is 0.882. The Bertz CT molecular complexity index is 326. The van der Waals surface area contributed by atoms with E-state index in [1.54, 1.807) is 6.92 Å². The van der Waals surface area contributed by atoms with Gasteiger partial charge in [0.15, 0.2) is 0 Å². The van der Waals surface area contributed by atoms with Crippen molar-refractivity contribution >= 4 is 11.7 Å². The summed E-state index contributed by atoms with van der Waals surface area (Å²) in [7, 11) is 1.53. The highest BCUT2D eigenvalue weighted by Crippen LogP contribution is 2.18. The summed E-state index contributed by atoms with van der Waals surface area (Å²) >= 11 is 0. The monoisotopic (exact) mass is 312 g/mol. The second kappa shape index (κ2) is 11.6. The number of piperidine rings is 1. The lowest BCUT2D eigenvalue weighted by Gasteiger charge is -2.30. The van der Waals surface area contributed by atoms with Crippen molar-refractivity contribution in [2.45, 2.75) is 51.9 Å². The molecule has 22 heavy (non-hydrogen) atoms. The van der Waals surface area contributed by atoms with Crippen LogP contribution in [0.15, 0.2) is 0 Å². The van der Waals surface area contributed by atoms with Crippen LogP contribution < -0.4 is 5.32 Å². The maximum atomic E-state index is 11.3. The topological polar surface area (TPSA) is 58.6 Å². The lowest BCUT2D eigenvalue weighted by molar-refractivity contribution is -0.124. The van der Waals surface area contributed by atoms with E-state index in [9.17, 15) is 9.59 Å². The molecule has 0 aromatic heterocycles. The summed E-state index contributed by atoms with van der Waals surface area (Å²) in [4.78, 5) is 25.0. The third-order valence-electron chi connectivity index (χ3n) is 4.41. The number of unbranched alkanes of at least 4 members (excludes halogenated alkanes) is 4. The molecule has 0 aromatic carbocycles. The average molecular weight is 312 g/mol. The number of ether oxygens (including phenoxy) is 1. The van der Waals surface area contributed by atoms with Crippen LogP contribution in [0.2, 0.25) is 0 Å². The number of hydrogen-bond donors (Lipinski definition) is 1. The van der Waals surface area contributed by atoms with Crippen molar-refractivity contribution in [1.29, 1.82) is 0 Å². The fourth-order valence-electron chi connectivity index (χ4n) is 2.96. The zero-order chi connectivity index (χ0) is 16.2. The molecule has 0 aromatic rings. The van der Waals surface area contributed by atoms with Crippen LogP contribution in [0.4, 0.5) is 0 Å². The Morgan fingerprint density at radius 1 is 1.09 bits per heavy atom. The first-order chi connectivity index (χ1) is 10.6. The number of Topliss-reactive ketones (excluding diaryl/α,β-unsaturated/α-hetero) is 1. The lowest BCUT2D eigenvalue weighted by atomic mass is 9.93. The van der Waals surface area contributed by atoms with Gasteiger partial charge < -0.3 is 15.0 Å². The SMILES string of the molecule is COCC(=O)NCCCCCCCN1CCC(C(C)=O)CC1. The standard InChI is InChI=1S/C17H32N2O3/c1-15(20)16-8-12-19(13-9-16)11-7-5-3-4-6-10-18-17(21)14-22-2/h16H,3-14H2,1-2H3,(H,18,21). The van der Waals surface area contributed by atoms with Crippen LogP contribution in [0.5, 0.6) is 0 Å². The normalized spacial score (nSPS) is 16.6. The van der Waals surface area contributed by atoms with Gasteiger partial charge in [-0.3, -0.25) is 9.59 Å². The highest BCUT2D eigenvalue weighted by molar-refractivity contribution is 5.78. The predicted octanol–water partition coefficient (Wildman–Crippen LogP) is 2.00. The van der Waals surface area contributed by atoms with Gasteiger partial charge in [-0.25, -0.2) is 0 Å². The van der Waals surface area contributed by atoms with Crippen molar-refractivity contribution in [3.8, 4) is 0 Å². The van der Waals surface area contributed by atoms with Crippen LogP contribution in [0.25, 0.3) is 0 Å². The molecule has 0 radical (unpaired) electrons. The molecule has 0 unspecified atom stereocenters. The first kappa shape index (κ1) is 19.1. The zero-order valence-corrected chi connectivity index (χ0v) is 14.2.